The zero-order valence-corrected chi connectivity index (χ0v) is 13.9. The van der Waals surface area contributed by atoms with Gasteiger partial charge in [-0.15, -0.1) is 10.2 Å². The first-order valence-corrected chi connectivity index (χ1v) is 7.70. The summed E-state index contributed by atoms with van der Waals surface area (Å²) in [4.78, 5) is 0. The van der Waals surface area contributed by atoms with Crippen molar-refractivity contribution in [3.63, 3.8) is 0 Å². The zero-order valence-electron chi connectivity index (χ0n) is 12.3. The Morgan fingerprint density at radius 3 is 2.36 bits per heavy atom. The van der Waals surface area contributed by atoms with Crippen molar-refractivity contribution in [2.45, 2.75) is 20.5 Å². The maximum Gasteiger partial charge on any atom is 0.254 e. The van der Waals surface area contributed by atoms with E-state index in [0.717, 1.165) is 26.9 Å². The van der Waals surface area contributed by atoms with E-state index in [2.05, 4.69) is 26.1 Å². The van der Waals surface area contributed by atoms with E-state index >= 15 is 0 Å². The normalized spacial score (nSPS) is 10.7. The minimum atomic E-state index is 0.259. The molecule has 2 aromatic carbocycles. The van der Waals surface area contributed by atoms with Crippen LogP contribution in [-0.4, -0.2) is 10.2 Å². The van der Waals surface area contributed by atoms with Crippen LogP contribution in [0.5, 0.6) is 5.75 Å². The summed E-state index contributed by atoms with van der Waals surface area (Å²) in [5, 5.41) is 8.10. The van der Waals surface area contributed by atoms with Crippen molar-refractivity contribution in [2.24, 2.45) is 0 Å². The lowest BCUT2D eigenvalue weighted by Crippen LogP contribution is -1.99. The maximum absolute atomic E-state index is 5.82. The third kappa shape index (κ3) is 3.20. The van der Waals surface area contributed by atoms with Gasteiger partial charge in [0.15, 0.2) is 6.61 Å². The number of ether oxygens (including phenoxy) is 1. The molecular weight excluding hydrogens is 344 g/mol. The van der Waals surface area contributed by atoms with E-state index in [-0.39, 0.29) is 6.61 Å². The third-order valence-electron chi connectivity index (χ3n) is 3.31. The van der Waals surface area contributed by atoms with Gasteiger partial charge in [0.05, 0.1) is 0 Å². The predicted molar refractivity (Wildman–Crippen MR) is 87.7 cm³/mol. The molecule has 0 saturated carbocycles. The van der Waals surface area contributed by atoms with Crippen LogP contribution >= 0.6 is 15.9 Å². The standard InChI is InChI=1S/C17H15BrN2O2/c1-11-4-3-5-12(2)16(11)21-10-15-19-20-17(22-15)13-6-8-14(18)9-7-13/h3-9H,10H2,1-2H3. The highest BCUT2D eigenvalue weighted by Gasteiger charge is 2.10. The van der Waals surface area contributed by atoms with Crippen molar-refractivity contribution in [1.29, 1.82) is 0 Å². The van der Waals surface area contributed by atoms with Crippen LogP contribution in [0.4, 0.5) is 0 Å². The number of hydrogen-bond donors (Lipinski definition) is 0. The fourth-order valence-electron chi connectivity index (χ4n) is 2.18. The van der Waals surface area contributed by atoms with Gasteiger partial charge in [-0.1, -0.05) is 34.1 Å². The summed E-state index contributed by atoms with van der Waals surface area (Å²) < 4.78 is 12.5. The molecule has 0 spiro atoms. The van der Waals surface area contributed by atoms with Gasteiger partial charge < -0.3 is 9.15 Å². The molecule has 22 heavy (non-hydrogen) atoms. The van der Waals surface area contributed by atoms with E-state index in [1.54, 1.807) is 0 Å². The molecule has 0 unspecified atom stereocenters. The molecular formula is C17H15BrN2O2. The van der Waals surface area contributed by atoms with Gasteiger partial charge in [-0.05, 0) is 49.2 Å². The second kappa shape index (κ2) is 6.32. The van der Waals surface area contributed by atoms with Crippen LogP contribution in [0.1, 0.15) is 17.0 Å². The van der Waals surface area contributed by atoms with Gasteiger partial charge in [-0.3, -0.25) is 0 Å². The minimum Gasteiger partial charge on any atom is -0.483 e. The van der Waals surface area contributed by atoms with Crippen LogP contribution in [0.25, 0.3) is 11.5 Å². The fraction of sp³-hybridized carbons (Fsp3) is 0.176. The van der Waals surface area contributed by atoms with Crippen LogP contribution in [0.15, 0.2) is 51.4 Å². The van der Waals surface area contributed by atoms with Gasteiger partial charge in [-0.25, -0.2) is 0 Å². The van der Waals surface area contributed by atoms with E-state index < -0.39 is 0 Å². The number of aromatic nitrogens is 2. The Kier molecular flexibility index (Phi) is 4.24. The van der Waals surface area contributed by atoms with E-state index in [9.17, 15) is 0 Å². The highest BCUT2D eigenvalue weighted by atomic mass is 79.9. The van der Waals surface area contributed by atoms with E-state index in [1.165, 1.54) is 0 Å². The van der Waals surface area contributed by atoms with Crippen LogP contribution in [-0.2, 0) is 6.61 Å². The number of hydrogen-bond acceptors (Lipinski definition) is 4. The monoisotopic (exact) mass is 358 g/mol. The molecule has 0 atom stereocenters. The van der Waals surface area contributed by atoms with Crippen LogP contribution in [0, 0.1) is 13.8 Å². The van der Waals surface area contributed by atoms with Crippen molar-refractivity contribution in [2.75, 3.05) is 0 Å². The Morgan fingerprint density at radius 1 is 1.00 bits per heavy atom. The van der Waals surface area contributed by atoms with E-state index in [4.69, 9.17) is 9.15 Å². The first-order chi connectivity index (χ1) is 10.6. The first kappa shape index (κ1) is 14.8. The summed E-state index contributed by atoms with van der Waals surface area (Å²) in [6.07, 6.45) is 0. The molecule has 0 N–H and O–H groups in total. The number of rotatable bonds is 4. The molecule has 0 fully saturated rings. The summed E-state index contributed by atoms with van der Waals surface area (Å²) in [7, 11) is 0. The van der Waals surface area contributed by atoms with Crippen LogP contribution in [0.2, 0.25) is 0 Å². The average molecular weight is 359 g/mol. The highest BCUT2D eigenvalue weighted by molar-refractivity contribution is 9.10. The molecule has 0 aliphatic carbocycles. The Morgan fingerprint density at radius 2 is 1.68 bits per heavy atom. The number of halogens is 1. The molecule has 112 valence electrons. The molecule has 1 heterocycles. The SMILES string of the molecule is Cc1cccc(C)c1OCc1nnc(-c2ccc(Br)cc2)o1. The molecule has 3 aromatic rings. The lowest BCUT2D eigenvalue weighted by molar-refractivity contribution is 0.261. The Hall–Kier alpha value is -2.14. The van der Waals surface area contributed by atoms with Crippen LogP contribution < -0.4 is 4.74 Å². The van der Waals surface area contributed by atoms with Gasteiger partial charge >= 0.3 is 0 Å². The van der Waals surface area contributed by atoms with E-state index in [1.807, 2.05) is 56.3 Å². The minimum absolute atomic E-state index is 0.259. The number of aryl methyl sites for hydroxylation is 2. The van der Waals surface area contributed by atoms with E-state index in [0.29, 0.717) is 11.8 Å². The summed E-state index contributed by atoms with van der Waals surface area (Å²) in [6, 6.07) is 13.8. The molecule has 0 aliphatic rings. The molecule has 0 amide bonds. The summed E-state index contributed by atoms with van der Waals surface area (Å²) in [6.45, 7) is 4.29. The Labute approximate surface area is 137 Å². The van der Waals surface area contributed by atoms with Crippen molar-refractivity contribution in [1.82, 2.24) is 10.2 Å². The predicted octanol–water partition coefficient (Wildman–Crippen LogP) is 4.69. The lowest BCUT2D eigenvalue weighted by Gasteiger charge is -2.09. The van der Waals surface area contributed by atoms with Crippen molar-refractivity contribution < 1.29 is 9.15 Å². The van der Waals surface area contributed by atoms with Gasteiger partial charge in [-0.2, -0.15) is 0 Å². The smallest absolute Gasteiger partial charge is 0.254 e. The first-order valence-electron chi connectivity index (χ1n) is 6.91. The second-order valence-corrected chi connectivity index (χ2v) is 5.93. The number of benzene rings is 2. The summed E-state index contributed by atoms with van der Waals surface area (Å²) >= 11 is 3.40. The average Bonchev–Trinajstić information content (AvgIpc) is 2.96. The molecule has 4 nitrogen and oxygen atoms in total. The van der Waals surface area contributed by atoms with Crippen molar-refractivity contribution in [3.8, 4) is 17.2 Å². The summed E-state index contributed by atoms with van der Waals surface area (Å²) in [5.41, 5.74) is 3.06. The molecule has 1 aromatic heterocycles. The van der Waals surface area contributed by atoms with Gasteiger partial charge in [0.25, 0.3) is 5.89 Å². The number of nitrogens with zero attached hydrogens (tertiary/aromatic N) is 2. The van der Waals surface area contributed by atoms with Gasteiger partial charge in [0.2, 0.25) is 5.89 Å². The quantitative estimate of drug-likeness (QED) is 0.678. The van der Waals surface area contributed by atoms with Crippen LogP contribution in [0.3, 0.4) is 0 Å². The molecule has 0 bridgehead atoms. The van der Waals surface area contributed by atoms with Gasteiger partial charge in [0.1, 0.15) is 5.75 Å². The lowest BCUT2D eigenvalue weighted by atomic mass is 10.1. The Balaban J connectivity index is 1.73. The zero-order chi connectivity index (χ0) is 15.5. The fourth-order valence-corrected chi connectivity index (χ4v) is 2.45. The third-order valence-corrected chi connectivity index (χ3v) is 3.84. The second-order valence-electron chi connectivity index (χ2n) is 5.02. The summed E-state index contributed by atoms with van der Waals surface area (Å²) in [5.74, 6) is 1.82. The maximum atomic E-state index is 5.82. The van der Waals surface area contributed by atoms with Crippen molar-refractivity contribution in [3.05, 3.63) is 64.0 Å². The highest BCUT2D eigenvalue weighted by Crippen LogP contribution is 2.24. The van der Waals surface area contributed by atoms with Crippen molar-refractivity contribution >= 4 is 15.9 Å². The molecule has 0 radical (unpaired) electrons. The topological polar surface area (TPSA) is 48.2 Å². The Bertz CT molecular complexity index is 761. The molecule has 0 saturated heterocycles. The number of para-hydroxylation sites is 1. The molecule has 5 heteroatoms. The van der Waals surface area contributed by atoms with Gasteiger partial charge in [0, 0.05) is 10.0 Å². The molecule has 3 rings (SSSR count). The largest absolute Gasteiger partial charge is 0.483 e. The molecule has 0 aliphatic heterocycles.